The third-order valence-electron chi connectivity index (χ3n) is 3.53. The van der Waals surface area contributed by atoms with Crippen LogP contribution in [0.4, 0.5) is 5.13 Å². The summed E-state index contributed by atoms with van der Waals surface area (Å²) in [5.41, 5.74) is 0.885. The van der Waals surface area contributed by atoms with E-state index in [1.807, 2.05) is 25.1 Å². The highest BCUT2D eigenvalue weighted by atomic mass is 35.5. The quantitative estimate of drug-likeness (QED) is 0.896. The average Bonchev–Trinajstić information content (AvgIpc) is 2.90. The molecule has 22 heavy (non-hydrogen) atoms. The Labute approximate surface area is 139 Å². The first-order valence-corrected chi connectivity index (χ1v) is 8.15. The predicted octanol–water partition coefficient (Wildman–Crippen LogP) is 3.20. The van der Waals surface area contributed by atoms with E-state index < -0.39 is 0 Å². The van der Waals surface area contributed by atoms with Crippen LogP contribution in [0.1, 0.15) is 26.2 Å². The summed E-state index contributed by atoms with van der Waals surface area (Å²) in [4.78, 5) is 16.6. The molecule has 0 saturated carbocycles. The monoisotopic (exact) mass is 341 g/mol. The molecule has 2 heterocycles. The molecule has 0 radical (unpaired) electrons. The molecule has 1 fully saturated rings. The number of aromatic nitrogens is 1. The predicted molar refractivity (Wildman–Crippen MR) is 92.3 cm³/mol. The molecular weight excluding hydrogens is 322 g/mol. The van der Waals surface area contributed by atoms with Crippen molar-refractivity contribution in [2.24, 2.45) is 0 Å². The summed E-state index contributed by atoms with van der Waals surface area (Å²) in [5, 5.41) is 6.81. The number of thiazole rings is 1. The number of amides is 1. The van der Waals surface area contributed by atoms with Gasteiger partial charge in [-0.3, -0.25) is 4.79 Å². The molecule has 5 nitrogen and oxygen atoms in total. The smallest absolute Gasteiger partial charge is 0.243 e. The van der Waals surface area contributed by atoms with E-state index >= 15 is 0 Å². The topological polar surface area (TPSA) is 63.2 Å². The Balaban J connectivity index is 0.00000176. The highest BCUT2D eigenvalue weighted by Crippen LogP contribution is 2.29. The molecule has 0 spiro atoms. The molecule has 2 N–H and O–H groups in total. The number of anilines is 1. The van der Waals surface area contributed by atoms with Gasteiger partial charge in [-0.15, -0.1) is 12.4 Å². The fourth-order valence-corrected chi connectivity index (χ4v) is 3.38. The number of piperidine rings is 1. The minimum absolute atomic E-state index is 0. The van der Waals surface area contributed by atoms with Crippen LogP contribution >= 0.6 is 23.7 Å². The van der Waals surface area contributed by atoms with E-state index in [4.69, 9.17) is 4.74 Å². The summed E-state index contributed by atoms with van der Waals surface area (Å²) < 4.78 is 6.50. The number of nitrogens with zero attached hydrogens (tertiary/aromatic N) is 1. The summed E-state index contributed by atoms with van der Waals surface area (Å²) in [7, 11) is 0. The second-order valence-corrected chi connectivity index (χ2v) is 6.10. The molecule has 3 rings (SSSR count). The number of benzene rings is 1. The van der Waals surface area contributed by atoms with E-state index in [2.05, 4.69) is 15.6 Å². The van der Waals surface area contributed by atoms with Gasteiger partial charge in [-0.25, -0.2) is 4.98 Å². The Hall–Kier alpha value is -1.37. The molecule has 1 aliphatic rings. The molecule has 7 heteroatoms. The molecule has 1 aromatic carbocycles. The summed E-state index contributed by atoms with van der Waals surface area (Å²) >= 11 is 1.48. The number of ether oxygens (including phenoxy) is 1. The van der Waals surface area contributed by atoms with Crippen LogP contribution in [0.15, 0.2) is 18.2 Å². The minimum Gasteiger partial charge on any atom is -0.494 e. The summed E-state index contributed by atoms with van der Waals surface area (Å²) in [6, 6.07) is 5.70. The van der Waals surface area contributed by atoms with Gasteiger partial charge in [0.1, 0.15) is 5.75 Å². The Morgan fingerprint density at radius 3 is 3.09 bits per heavy atom. The van der Waals surface area contributed by atoms with E-state index in [1.165, 1.54) is 11.3 Å². The lowest BCUT2D eigenvalue weighted by Gasteiger charge is -2.21. The van der Waals surface area contributed by atoms with E-state index in [9.17, 15) is 4.79 Å². The molecule has 1 unspecified atom stereocenters. The van der Waals surface area contributed by atoms with Crippen LogP contribution in [0.25, 0.3) is 10.2 Å². The molecule has 1 atom stereocenters. The molecule has 1 aromatic heterocycles. The van der Waals surface area contributed by atoms with E-state index in [0.29, 0.717) is 11.7 Å². The molecular formula is C15H20ClN3O2S. The first-order valence-electron chi connectivity index (χ1n) is 7.34. The van der Waals surface area contributed by atoms with Crippen LogP contribution < -0.4 is 15.4 Å². The van der Waals surface area contributed by atoms with E-state index in [-0.39, 0.29) is 24.4 Å². The molecule has 1 saturated heterocycles. The van der Waals surface area contributed by atoms with E-state index in [0.717, 1.165) is 41.8 Å². The number of hydrogen-bond acceptors (Lipinski definition) is 5. The molecule has 2 aromatic rings. The highest BCUT2D eigenvalue weighted by Gasteiger charge is 2.21. The zero-order chi connectivity index (χ0) is 14.7. The molecule has 0 bridgehead atoms. The average molecular weight is 342 g/mol. The molecule has 1 amide bonds. The first-order chi connectivity index (χ1) is 10.3. The van der Waals surface area contributed by atoms with Gasteiger partial charge in [-0.05, 0) is 44.5 Å². The van der Waals surface area contributed by atoms with Crippen molar-refractivity contribution >= 4 is 45.0 Å². The van der Waals surface area contributed by atoms with Crippen molar-refractivity contribution in [3.05, 3.63) is 18.2 Å². The SMILES string of the molecule is CCOc1ccc2nc(NC(=O)C3CCCCN3)sc2c1.Cl. The Kier molecular flexibility index (Phi) is 5.99. The van der Waals surface area contributed by atoms with Gasteiger partial charge in [0.05, 0.1) is 22.9 Å². The van der Waals surface area contributed by atoms with Gasteiger partial charge in [-0.2, -0.15) is 0 Å². The standard InChI is InChI=1S/C15H19N3O2S.ClH/c1-2-20-10-6-7-11-13(9-10)21-15(17-11)18-14(19)12-5-3-4-8-16-12;/h6-7,9,12,16H,2-5,8H2,1H3,(H,17,18,19);1H. The Morgan fingerprint density at radius 2 is 2.36 bits per heavy atom. The maximum Gasteiger partial charge on any atom is 0.243 e. The van der Waals surface area contributed by atoms with Crippen molar-refractivity contribution in [3.63, 3.8) is 0 Å². The zero-order valence-corrected chi connectivity index (χ0v) is 14.1. The number of rotatable bonds is 4. The van der Waals surface area contributed by atoms with Crippen molar-refractivity contribution < 1.29 is 9.53 Å². The van der Waals surface area contributed by atoms with Crippen LogP contribution in [-0.4, -0.2) is 30.1 Å². The first kappa shape index (κ1) is 17.0. The number of nitrogens with one attached hydrogen (secondary N) is 2. The van der Waals surface area contributed by atoms with Crippen LogP contribution in [0.5, 0.6) is 5.75 Å². The normalized spacial score (nSPS) is 17.8. The van der Waals surface area contributed by atoms with Gasteiger partial charge >= 0.3 is 0 Å². The summed E-state index contributed by atoms with van der Waals surface area (Å²) in [6.45, 7) is 3.51. The number of carbonyl (C=O) groups is 1. The van der Waals surface area contributed by atoms with Gasteiger partial charge in [0, 0.05) is 0 Å². The van der Waals surface area contributed by atoms with E-state index in [1.54, 1.807) is 0 Å². The lowest BCUT2D eigenvalue weighted by molar-refractivity contribution is -0.118. The van der Waals surface area contributed by atoms with Crippen molar-refractivity contribution in [2.75, 3.05) is 18.5 Å². The maximum absolute atomic E-state index is 12.2. The van der Waals surface area contributed by atoms with Crippen LogP contribution in [0, 0.1) is 0 Å². The second kappa shape index (κ2) is 7.76. The molecule has 1 aliphatic heterocycles. The van der Waals surface area contributed by atoms with Gasteiger partial charge in [-0.1, -0.05) is 17.8 Å². The second-order valence-electron chi connectivity index (χ2n) is 5.07. The fraction of sp³-hybridized carbons (Fsp3) is 0.467. The number of carbonyl (C=O) groups excluding carboxylic acids is 1. The van der Waals surface area contributed by atoms with Crippen LogP contribution in [0.2, 0.25) is 0 Å². The van der Waals surface area contributed by atoms with Gasteiger partial charge in [0.2, 0.25) is 5.91 Å². The van der Waals surface area contributed by atoms with Crippen LogP contribution in [-0.2, 0) is 4.79 Å². The zero-order valence-electron chi connectivity index (χ0n) is 12.4. The van der Waals surface area contributed by atoms with Crippen molar-refractivity contribution in [3.8, 4) is 5.75 Å². The lowest BCUT2D eigenvalue weighted by atomic mass is 10.0. The van der Waals surface area contributed by atoms with Crippen molar-refractivity contribution in [2.45, 2.75) is 32.2 Å². The van der Waals surface area contributed by atoms with Gasteiger partial charge in [0.25, 0.3) is 0 Å². The number of halogens is 1. The third kappa shape index (κ3) is 3.88. The summed E-state index contributed by atoms with van der Waals surface area (Å²) in [6.07, 6.45) is 3.14. The Bertz CT molecular complexity index is 641. The summed E-state index contributed by atoms with van der Waals surface area (Å²) in [5.74, 6) is 0.847. The third-order valence-corrected chi connectivity index (χ3v) is 4.46. The minimum atomic E-state index is -0.0928. The number of hydrogen-bond donors (Lipinski definition) is 2. The molecule has 0 aliphatic carbocycles. The highest BCUT2D eigenvalue weighted by molar-refractivity contribution is 7.22. The Morgan fingerprint density at radius 1 is 1.50 bits per heavy atom. The maximum atomic E-state index is 12.2. The molecule has 120 valence electrons. The van der Waals surface area contributed by atoms with Crippen molar-refractivity contribution in [1.82, 2.24) is 10.3 Å². The van der Waals surface area contributed by atoms with Gasteiger partial charge < -0.3 is 15.4 Å². The lowest BCUT2D eigenvalue weighted by Crippen LogP contribution is -2.43. The number of fused-ring (bicyclic) bond motifs is 1. The van der Waals surface area contributed by atoms with Gasteiger partial charge in [0.15, 0.2) is 5.13 Å². The van der Waals surface area contributed by atoms with Crippen molar-refractivity contribution in [1.29, 1.82) is 0 Å². The fourth-order valence-electron chi connectivity index (χ4n) is 2.48. The largest absolute Gasteiger partial charge is 0.494 e. The van der Waals surface area contributed by atoms with Crippen LogP contribution in [0.3, 0.4) is 0 Å².